The van der Waals surface area contributed by atoms with E-state index in [9.17, 15) is 22.8 Å². The van der Waals surface area contributed by atoms with E-state index in [4.69, 9.17) is 19.4 Å². The number of sulfonamides is 1. The molecule has 4 atom stereocenters. The van der Waals surface area contributed by atoms with Crippen molar-refractivity contribution >= 4 is 50.0 Å². The van der Waals surface area contributed by atoms with Crippen LogP contribution in [-0.4, -0.2) is 77.1 Å². The zero-order valence-electron chi connectivity index (χ0n) is 30.4. The smallest absolute Gasteiger partial charge is 0.259 e. The molecule has 4 heterocycles. The Kier molecular flexibility index (Phi) is 9.60. The van der Waals surface area contributed by atoms with Crippen molar-refractivity contribution in [2.45, 2.75) is 114 Å². The third kappa shape index (κ3) is 6.79. The molecule has 12 nitrogen and oxygen atoms in total. The normalized spacial score (nSPS) is 26.6. The average Bonchev–Trinajstić information content (AvgIpc) is 3.87. The lowest BCUT2D eigenvalue weighted by Crippen LogP contribution is -2.57. The summed E-state index contributed by atoms with van der Waals surface area (Å²) in [5.41, 5.74) is 1.76. The molecule has 3 aromatic rings. The van der Waals surface area contributed by atoms with E-state index in [0.29, 0.717) is 42.0 Å². The van der Waals surface area contributed by atoms with Crippen LogP contribution in [0.5, 0.6) is 11.5 Å². The molecule has 7 rings (SSSR count). The minimum Gasteiger partial charge on any atom is -0.496 e. The van der Waals surface area contributed by atoms with Crippen LogP contribution < -0.4 is 19.5 Å². The summed E-state index contributed by atoms with van der Waals surface area (Å²) in [6.45, 7) is 7.92. The first-order chi connectivity index (χ1) is 24.7. The van der Waals surface area contributed by atoms with Crippen LogP contribution >= 0.6 is 11.3 Å². The maximum atomic E-state index is 14.2. The van der Waals surface area contributed by atoms with Crippen molar-refractivity contribution in [3.8, 4) is 22.2 Å². The van der Waals surface area contributed by atoms with Crippen LogP contribution in [0.25, 0.3) is 21.6 Å². The fourth-order valence-electron chi connectivity index (χ4n) is 7.25. The third-order valence-electron chi connectivity index (χ3n) is 11.1. The van der Waals surface area contributed by atoms with Crippen molar-refractivity contribution in [1.29, 1.82) is 0 Å². The minimum atomic E-state index is -3.92. The predicted molar refractivity (Wildman–Crippen MR) is 199 cm³/mol. The molecule has 2 aliphatic carbocycles. The van der Waals surface area contributed by atoms with E-state index in [0.717, 1.165) is 40.9 Å². The van der Waals surface area contributed by atoms with Gasteiger partial charge >= 0.3 is 0 Å². The van der Waals surface area contributed by atoms with Crippen molar-refractivity contribution in [3.05, 3.63) is 47.0 Å². The molecule has 52 heavy (non-hydrogen) atoms. The van der Waals surface area contributed by atoms with Crippen LogP contribution in [0.2, 0.25) is 0 Å². The number of nitrogens with zero attached hydrogens (tertiary/aromatic N) is 3. The highest BCUT2D eigenvalue weighted by molar-refractivity contribution is 7.91. The van der Waals surface area contributed by atoms with Crippen molar-refractivity contribution < 1.29 is 32.3 Å². The Morgan fingerprint density at radius 1 is 1.13 bits per heavy atom. The van der Waals surface area contributed by atoms with Gasteiger partial charge in [0, 0.05) is 41.2 Å². The zero-order valence-corrected chi connectivity index (χ0v) is 32.0. The number of benzene rings is 1. The van der Waals surface area contributed by atoms with Gasteiger partial charge in [-0.1, -0.05) is 32.4 Å². The second-order valence-electron chi connectivity index (χ2n) is 15.2. The van der Waals surface area contributed by atoms with Gasteiger partial charge < -0.3 is 19.7 Å². The summed E-state index contributed by atoms with van der Waals surface area (Å²) in [5.74, 6) is -0.246. The number of pyridine rings is 1. The Labute approximate surface area is 308 Å². The highest BCUT2D eigenvalue weighted by Crippen LogP contribution is 2.48. The number of amides is 3. The van der Waals surface area contributed by atoms with Crippen molar-refractivity contribution in [2.24, 2.45) is 5.92 Å². The van der Waals surface area contributed by atoms with E-state index < -0.39 is 44.3 Å². The van der Waals surface area contributed by atoms with Crippen LogP contribution in [0.1, 0.15) is 95.7 Å². The van der Waals surface area contributed by atoms with Gasteiger partial charge in [-0.2, -0.15) is 0 Å². The number of ether oxygens (including phenoxy) is 2. The Hall–Kier alpha value is -4.04. The van der Waals surface area contributed by atoms with E-state index in [1.165, 1.54) is 11.3 Å². The number of thiazole rings is 1. The van der Waals surface area contributed by atoms with Crippen LogP contribution in [0.3, 0.4) is 0 Å². The van der Waals surface area contributed by atoms with E-state index in [2.05, 4.69) is 23.9 Å². The Morgan fingerprint density at radius 3 is 2.63 bits per heavy atom. The second kappa shape index (κ2) is 13.7. The molecule has 4 aliphatic rings. The number of carbonyl (C=O) groups excluding carboxylic acids is 3. The van der Waals surface area contributed by atoms with Crippen molar-refractivity contribution in [1.82, 2.24) is 24.9 Å². The van der Waals surface area contributed by atoms with Crippen molar-refractivity contribution in [2.75, 3.05) is 13.7 Å². The fraction of sp³-hybridized carbons (Fsp3) is 0.553. The van der Waals surface area contributed by atoms with Crippen LogP contribution in [-0.2, 0) is 24.4 Å². The molecular weight excluding hydrogens is 703 g/mol. The summed E-state index contributed by atoms with van der Waals surface area (Å²) in [6, 6.07) is 4.73. The number of rotatable bonds is 8. The molecular formula is C38H47N5O7S2. The number of nitrogens with one attached hydrogen (secondary N) is 2. The summed E-state index contributed by atoms with van der Waals surface area (Å²) >= 11 is 1.51. The summed E-state index contributed by atoms with van der Waals surface area (Å²) in [6.07, 6.45) is 8.24. The Morgan fingerprint density at radius 2 is 1.92 bits per heavy atom. The Bertz CT molecular complexity index is 2060. The highest BCUT2D eigenvalue weighted by Gasteiger charge is 2.63. The molecule has 2 aromatic heterocycles. The SMILES string of the molecule is COc1ccc2c(OC3CC4C(=O)NC5(C(=O)NS(=O)(=O)C6(C)CC6)CC5/C=C\CCCCCC(=O)N4C3)cc(-c3nc(C(C)C)cs3)nc2c1C. The third-order valence-corrected chi connectivity index (χ3v) is 14.1. The van der Waals surface area contributed by atoms with Gasteiger partial charge in [-0.3, -0.25) is 19.1 Å². The van der Waals surface area contributed by atoms with E-state index in [1.54, 1.807) is 18.9 Å². The number of allylic oxidation sites excluding steroid dienone is 1. The molecule has 0 bridgehead atoms. The first-order valence-electron chi connectivity index (χ1n) is 18.2. The van der Waals surface area contributed by atoms with E-state index in [1.807, 2.05) is 42.7 Å². The number of aryl methyl sites for hydroxylation is 1. The van der Waals surface area contributed by atoms with Gasteiger partial charge in [-0.25, -0.2) is 18.4 Å². The summed E-state index contributed by atoms with van der Waals surface area (Å²) < 4.78 is 39.8. The summed E-state index contributed by atoms with van der Waals surface area (Å²) in [7, 11) is -2.31. The lowest BCUT2D eigenvalue weighted by molar-refractivity contribution is -0.139. The topological polar surface area (TPSA) is 157 Å². The predicted octanol–water partition coefficient (Wildman–Crippen LogP) is 5.54. The van der Waals surface area contributed by atoms with Crippen LogP contribution in [0.4, 0.5) is 0 Å². The quantitative estimate of drug-likeness (QED) is 0.282. The molecule has 2 saturated carbocycles. The molecule has 3 fully saturated rings. The van der Waals surface area contributed by atoms with Gasteiger partial charge in [0.1, 0.15) is 39.9 Å². The first kappa shape index (κ1) is 36.3. The molecule has 1 aromatic carbocycles. The molecule has 2 aliphatic heterocycles. The van der Waals surface area contributed by atoms with E-state index in [-0.39, 0.29) is 43.6 Å². The number of hydrogen-bond acceptors (Lipinski definition) is 10. The zero-order chi connectivity index (χ0) is 37.0. The van der Waals surface area contributed by atoms with Gasteiger partial charge in [0.05, 0.1) is 29.6 Å². The maximum Gasteiger partial charge on any atom is 0.259 e. The van der Waals surface area contributed by atoms with Gasteiger partial charge in [0.15, 0.2) is 0 Å². The number of carbonyl (C=O) groups is 3. The molecule has 4 unspecified atom stereocenters. The molecule has 0 radical (unpaired) electrons. The summed E-state index contributed by atoms with van der Waals surface area (Å²) in [4.78, 5) is 53.1. The molecule has 3 amide bonds. The lowest BCUT2D eigenvalue weighted by Gasteiger charge is -2.27. The number of hydrogen-bond donors (Lipinski definition) is 2. The molecule has 278 valence electrons. The molecule has 2 N–H and O–H groups in total. The van der Waals surface area contributed by atoms with Crippen molar-refractivity contribution in [3.63, 3.8) is 0 Å². The highest BCUT2D eigenvalue weighted by atomic mass is 32.2. The van der Waals surface area contributed by atoms with E-state index >= 15 is 0 Å². The minimum absolute atomic E-state index is 0.154. The largest absolute Gasteiger partial charge is 0.496 e. The monoisotopic (exact) mass is 749 g/mol. The maximum absolute atomic E-state index is 14.2. The second-order valence-corrected chi connectivity index (χ2v) is 18.3. The number of fused-ring (bicyclic) bond motifs is 3. The lowest BCUT2D eigenvalue weighted by atomic mass is 10.1. The number of aromatic nitrogens is 2. The summed E-state index contributed by atoms with van der Waals surface area (Å²) in [5, 5.41) is 6.49. The van der Waals surface area contributed by atoms with Gasteiger partial charge in [0.25, 0.3) is 5.91 Å². The van der Waals surface area contributed by atoms with Crippen LogP contribution in [0.15, 0.2) is 35.7 Å². The molecule has 1 saturated heterocycles. The fourth-order valence-corrected chi connectivity index (χ4v) is 9.50. The molecule has 14 heteroatoms. The number of methoxy groups -OCH3 is 1. The van der Waals surface area contributed by atoms with Gasteiger partial charge in [-0.05, 0) is 70.4 Å². The molecule has 0 spiro atoms. The standard InChI is InChI=1S/C38H47N5O7S2/c1-22(2)28-21-51-35(40-28)27-18-31(26-13-14-30(49-5)23(3)33(26)39-27)50-25-17-29-34(45)41-38(36(46)42-52(47,48)37(4)15-16-37)19-24(38)11-9-7-6-8-10-12-32(44)43(29)20-25/h9,11,13-14,18,21-22,24-25,29H,6-8,10,12,15-17,19-20H2,1-5H3,(H,41,45)(H,42,46)/b11-9-. The van der Waals surface area contributed by atoms with Gasteiger partial charge in [0.2, 0.25) is 21.8 Å². The van der Waals surface area contributed by atoms with Crippen LogP contribution in [0, 0.1) is 12.8 Å². The Balaban J connectivity index is 1.19. The van der Waals surface area contributed by atoms with Gasteiger partial charge in [-0.15, -0.1) is 11.3 Å². The first-order valence-corrected chi connectivity index (χ1v) is 20.6. The average molecular weight is 750 g/mol.